The Morgan fingerprint density at radius 1 is 1.40 bits per heavy atom. The van der Waals surface area contributed by atoms with E-state index >= 15 is 0 Å². The number of hydrogen-bond acceptors (Lipinski definition) is 3. The average molecular weight is 359 g/mol. The van der Waals surface area contributed by atoms with Crippen molar-refractivity contribution in [1.29, 1.82) is 0 Å². The van der Waals surface area contributed by atoms with Gasteiger partial charge in [0.05, 0.1) is 0 Å². The molecule has 20 heavy (non-hydrogen) atoms. The van der Waals surface area contributed by atoms with Gasteiger partial charge in [-0.25, -0.2) is 0 Å². The SMILES string of the molecule is CC(C)(C)C(=O)N[C@H](n1c(=O)cc[nH]c1=S)C(Cl)(Cl)Cl. The molecule has 5 nitrogen and oxygen atoms in total. The molecule has 0 unspecified atom stereocenters. The van der Waals surface area contributed by atoms with Crippen molar-refractivity contribution in [3.8, 4) is 0 Å². The fourth-order valence-corrected chi connectivity index (χ4v) is 2.03. The molecule has 1 heterocycles. The van der Waals surface area contributed by atoms with E-state index in [1.54, 1.807) is 20.8 Å². The zero-order valence-corrected chi connectivity index (χ0v) is 14.1. The van der Waals surface area contributed by atoms with Crippen LogP contribution in [0, 0.1) is 10.2 Å². The van der Waals surface area contributed by atoms with Gasteiger partial charge in [0, 0.05) is 17.7 Å². The van der Waals surface area contributed by atoms with Crippen LogP contribution >= 0.6 is 47.0 Å². The number of alkyl halides is 3. The number of amides is 1. The topological polar surface area (TPSA) is 66.9 Å². The molecule has 0 spiro atoms. The summed E-state index contributed by atoms with van der Waals surface area (Å²) in [5, 5.41) is 2.54. The minimum atomic E-state index is -1.94. The van der Waals surface area contributed by atoms with Crippen LogP contribution in [0.1, 0.15) is 26.9 Å². The normalized spacial score (nSPS) is 13.9. The van der Waals surface area contributed by atoms with Gasteiger partial charge in [-0.2, -0.15) is 0 Å². The second-order valence-corrected chi connectivity index (χ2v) is 7.91. The number of halogens is 3. The lowest BCUT2D eigenvalue weighted by atomic mass is 9.95. The van der Waals surface area contributed by atoms with Gasteiger partial charge in [0.2, 0.25) is 9.70 Å². The average Bonchev–Trinajstić information content (AvgIpc) is 2.24. The van der Waals surface area contributed by atoms with E-state index in [0.717, 1.165) is 4.57 Å². The van der Waals surface area contributed by atoms with Crippen LogP contribution in [0.5, 0.6) is 0 Å². The largest absolute Gasteiger partial charge is 0.339 e. The molecule has 1 aromatic rings. The van der Waals surface area contributed by atoms with Gasteiger partial charge >= 0.3 is 0 Å². The maximum Gasteiger partial charge on any atom is 0.256 e. The van der Waals surface area contributed by atoms with E-state index in [-0.39, 0.29) is 10.7 Å². The third kappa shape index (κ3) is 4.22. The summed E-state index contributed by atoms with van der Waals surface area (Å²) in [6, 6.07) is 1.22. The third-order valence-corrected chi connectivity index (χ3v) is 3.34. The van der Waals surface area contributed by atoms with Gasteiger partial charge in [0.15, 0.2) is 10.9 Å². The van der Waals surface area contributed by atoms with Crippen molar-refractivity contribution >= 4 is 52.9 Å². The van der Waals surface area contributed by atoms with Gasteiger partial charge in [-0.3, -0.25) is 14.2 Å². The first kappa shape index (κ1) is 17.5. The van der Waals surface area contributed by atoms with Crippen molar-refractivity contribution in [2.24, 2.45) is 5.41 Å². The van der Waals surface area contributed by atoms with Gasteiger partial charge in [-0.15, -0.1) is 0 Å². The Bertz CT molecular complexity index is 585. The van der Waals surface area contributed by atoms with Gasteiger partial charge in [-0.1, -0.05) is 55.6 Å². The number of rotatable bonds is 2. The first-order chi connectivity index (χ1) is 8.94. The lowest BCUT2D eigenvalue weighted by molar-refractivity contribution is -0.129. The number of nitrogens with one attached hydrogen (secondary N) is 2. The summed E-state index contributed by atoms with van der Waals surface area (Å²) in [6.45, 7) is 5.10. The molecule has 9 heteroatoms. The smallest absolute Gasteiger partial charge is 0.256 e. The van der Waals surface area contributed by atoms with Crippen LogP contribution in [0.15, 0.2) is 17.1 Å². The van der Waals surface area contributed by atoms with Crippen LogP contribution in [0.3, 0.4) is 0 Å². The maximum absolute atomic E-state index is 12.1. The number of H-pyrrole nitrogens is 1. The van der Waals surface area contributed by atoms with Crippen LogP contribution in [0.4, 0.5) is 0 Å². The minimum absolute atomic E-state index is 0.0445. The Hall–Kier alpha value is -0.560. The second-order valence-electron chi connectivity index (χ2n) is 5.16. The van der Waals surface area contributed by atoms with Crippen molar-refractivity contribution in [1.82, 2.24) is 14.9 Å². The molecule has 0 radical (unpaired) electrons. The predicted molar refractivity (Wildman–Crippen MR) is 82.8 cm³/mol. The van der Waals surface area contributed by atoms with Crippen molar-refractivity contribution in [3.63, 3.8) is 0 Å². The van der Waals surface area contributed by atoms with Gasteiger partial charge in [-0.05, 0) is 12.2 Å². The Labute approximate surface area is 136 Å². The molecule has 2 N–H and O–H groups in total. The Morgan fingerprint density at radius 3 is 2.35 bits per heavy atom. The van der Waals surface area contributed by atoms with Gasteiger partial charge < -0.3 is 10.3 Å². The second kappa shape index (κ2) is 6.05. The summed E-state index contributed by atoms with van der Waals surface area (Å²) < 4.78 is -0.873. The summed E-state index contributed by atoms with van der Waals surface area (Å²) in [6.07, 6.45) is 0.166. The van der Waals surface area contributed by atoms with Crippen molar-refractivity contribution < 1.29 is 4.79 Å². The van der Waals surface area contributed by atoms with E-state index in [9.17, 15) is 9.59 Å². The molecule has 0 aliphatic heterocycles. The molecule has 1 atom stereocenters. The lowest BCUT2D eigenvalue weighted by Gasteiger charge is -2.30. The Kier molecular flexibility index (Phi) is 5.29. The molecule has 0 aliphatic rings. The summed E-state index contributed by atoms with van der Waals surface area (Å²) in [5.41, 5.74) is -1.20. The van der Waals surface area contributed by atoms with Gasteiger partial charge in [0.1, 0.15) is 0 Å². The number of aromatic nitrogens is 2. The molecule has 0 aromatic carbocycles. The van der Waals surface area contributed by atoms with Crippen molar-refractivity contribution in [2.75, 3.05) is 0 Å². The fraction of sp³-hybridized carbons (Fsp3) is 0.545. The van der Waals surface area contributed by atoms with Crippen molar-refractivity contribution in [2.45, 2.75) is 30.7 Å². The highest BCUT2D eigenvalue weighted by Gasteiger charge is 2.38. The summed E-state index contributed by atoms with van der Waals surface area (Å²) in [4.78, 5) is 26.6. The quantitative estimate of drug-likeness (QED) is 0.631. The third-order valence-electron chi connectivity index (χ3n) is 2.41. The van der Waals surface area contributed by atoms with Crippen LogP contribution in [-0.4, -0.2) is 19.3 Å². The fourth-order valence-electron chi connectivity index (χ4n) is 1.31. The molecule has 0 aliphatic carbocycles. The highest BCUT2D eigenvalue weighted by Crippen LogP contribution is 2.36. The number of nitrogens with zero attached hydrogens (tertiary/aromatic N) is 1. The molecule has 0 saturated heterocycles. The molecule has 1 rings (SSSR count). The molecule has 1 aromatic heterocycles. The highest BCUT2D eigenvalue weighted by molar-refractivity contribution is 7.71. The maximum atomic E-state index is 12.1. The van der Waals surface area contributed by atoms with Crippen LogP contribution in [0.2, 0.25) is 0 Å². The molecular weight excluding hydrogens is 345 g/mol. The Morgan fingerprint density at radius 2 is 1.95 bits per heavy atom. The number of aromatic amines is 1. The van der Waals surface area contributed by atoms with E-state index in [0.29, 0.717) is 0 Å². The first-order valence-corrected chi connectivity index (χ1v) is 7.16. The predicted octanol–water partition coefficient (Wildman–Crippen LogP) is 2.94. The molecule has 1 amide bonds. The standard InChI is InChI=1S/C11H14Cl3N3O2S/c1-10(2,3)8(19)16-7(11(12,13)14)17-6(18)4-5-15-9(17)20/h4-5,7H,1-3H3,(H,15,20)(H,16,19)/t7-/m1/s1. The first-order valence-electron chi connectivity index (χ1n) is 5.62. The van der Waals surface area contributed by atoms with Crippen LogP contribution in [-0.2, 0) is 4.79 Å². The molecule has 0 fully saturated rings. The zero-order valence-electron chi connectivity index (χ0n) is 11.0. The van der Waals surface area contributed by atoms with Crippen LogP contribution < -0.4 is 10.9 Å². The molecule has 0 saturated carbocycles. The van der Waals surface area contributed by atoms with Gasteiger partial charge in [0.25, 0.3) is 5.56 Å². The summed E-state index contributed by atoms with van der Waals surface area (Å²) in [7, 11) is 0. The lowest BCUT2D eigenvalue weighted by Crippen LogP contribution is -2.48. The van der Waals surface area contributed by atoms with E-state index in [4.69, 9.17) is 47.0 Å². The number of hydrogen-bond donors (Lipinski definition) is 2. The summed E-state index contributed by atoms with van der Waals surface area (Å²) in [5.74, 6) is -0.376. The minimum Gasteiger partial charge on any atom is -0.339 e. The highest BCUT2D eigenvalue weighted by atomic mass is 35.6. The molecule has 112 valence electrons. The monoisotopic (exact) mass is 357 g/mol. The van der Waals surface area contributed by atoms with E-state index in [1.807, 2.05) is 0 Å². The Balaban J connectivity index is 3.33. The number of carbonyl (C=O) groups is 1. The van der Waals surface area contributed by atoms with E-state index in [1.165, 1.54) is 12.3 Å². The number of carbonyl (C=O) groups excluding carboxylic acids is 1. The summed E-state index contributed by atoms with van der Waals surface area (Å²) >= 11 is 22.6. The molecular formula is C11H14Cl3N3O2S. The van der Waals surface area contributed by atoms with E-state index < -0.39 is 20.9 Å². The molecule has 0 bridgehead atoms. The zero-order chi connectivity index (χ0) is 15.7. The van der Waals surface area contributed by atoms with Crippen LogP contribution in [0.25, 0.3) is 0 Å². The van der Waals surface area contributed by atoms with E-state index in [2.05, 4.69) is 10.3 Å². The van der Waals surface area contributed by atoms with Crippen molar-refractivity contribution in [3.05, 3.63) is 27.4 Å².